The first kappa shape index (κ1) is 11.7. The fraction of sp³-hybridized carbons (Fsp3) is 0.167. The van der Waals surface area contributed by atoms with Gasteiger partial charge in [0.1, 0.15) is 5.75 Å². The van der Waals surface area contributed by atoms with Gasteiger partial charge in [-0.25, -0.2) is 0 Å². The van der Waals surface area contributed by atoms with Gasteiger partial charge < -0.3 is 9.26 Å². The predicted molar refractivity (Wildman–Crippen MR) is 63.5 cm³/mol. The molecule has 0 saturated heterocycles. The number of benzene rings is 1. The topological polar surface area (TPSA) is 52.3 Å². The molecule has 1 aromatic heterocycles. The monoisotopic (exact) mass is 251 g/mol. The molecule has 2 rings (SSSR count). The van der Waals surface area contributed by atoms with Gasteiger partial charge >= 0.3 is 0 Å². The summed E-state index contributed by atoms with van der Waals surface area (Å²) >= 11 is 5.92. The van der Waals surface area contributed by atoms with Crippen LogP contribution in [0, 0.1) is 0 Å². The minimum Gasteiger partial charge on any atom is -0.496 e. The Morgan fingerprint density at radius 2 is 2.24 bits per heavy atom. The summed E-state index contributed by atoms with van der Waals surface area (Å²) < 4.78 is 10.3. The zero-order valence-corrected chi connectivity index (χ0v) is 10.1. The molecule has 0 radical (unpaired) electrons. The molecule has 0 aliphatic heterocycles. The van der Waals surface area contributed by atoms with E-state index < -0.39 is 0 Å². The van der Waals surface area contributed by atoms with Gasteiger partial charge in [0.25, 0.3) is 0 Å². The molecule has 1 aromatic carbocycles. The highest BCUT2D eigenvalue weighted by molar-refractivity contribution is 6.31. The van der Waals surface area contributed by atoms with Crippen LogP contribution in [0.1, 0.15) is 17.3 Å². The van der Waals surface area contributed by atoms with Crippen molar-refractivity contribution in [2.45, 2.75) is 6.92 Å². The first-order chi connectivity index (χ1) is 8.13. The maximum atomic E-state index is 11.4. The highest BCUT2D eigenvalue weighted by atomic mass is 35.5. The van der Waals surface area contributed by atoms with E-state index in [2.05, 4.69) is 5.16 Å². The lowest BCUT2D eigenvalue weighted by atomic mass is 10.1. The number of rotatable bonds is 3. The molecule has 0 spiro atoms. The van der Waals surface area contributed by atoms with Crippen molar-refractivity contribution >= 4 is 17.4 Å². The Balaban J connectivity index is 2.63. The van der Waals surface area contributed by atoms with Crippen molar-refractivity contribution < 1.29 is 14.1 Å². The second-order valence-corrected chi connectivity index (χ2v) is 3.91. The van der Waals surface area contributed by atoms with Gasteiger partial charge in [-0.2, -0.15) is 0 Å². The minimum absolute atomic E-state index is 0.122. The highest BCUT2D eigenvalue weighted by Crippen LogP contribution is 2.34. The van der Waals surface area contributed by atoms with E-state index >= 15 is 0 Å². The fourth-order valence-electron chi connectivity index (χ4n) is 1.54. The molecule has 0 saturated carbocycles. The van der Waals surface area contributed by atoms with E-state index in [0.717, 1.165) is 0 Å². The number of nitrogens with zero attached hydrogens (tertiary/aromatic N) is 1. The standard InChI is InChI=1S/C12H10ClNO3/c1-7(15)10-6-14-17-12(10)9-5-8(13)3-4-11(9)16-2/h3-6H,1-2H3. The maximum Gasteiger partial charge on any atom is 0.181 e. The second kappa shape index (κ2) is 4.59. The van der Waals surface area contributed by atoms with Crippen LogP contribution in [0.5, 0.6) is 5.75 Å². The van der Waals surface area contributed by atoms with Crippen LogP contribution in [-0.2, 0) is 0 Å². The smallest absolute Gasteiger partial charge is 0.181 e. The average Bonchev–Trinajstić information content (AvgIpc) is 2.77. The zero-order valence-electron chi connectivity index (χ0n) is 9.36. The van der Waals surface area contributed by atoms with Gasteiger partial charge in [-0.05, 0) is 25.1 Å². The molecule has 17 heavy (non-hydrogen) atoms. The van der Waals surface area contributed by atoms with Crippen molar-refractivity contribution in [3.05, 3.63) is 35.0 Å². The van der Waals surface area contributed by atoms with Crippen LogP contribution in [0.15, 0.2) is 28.9 Å². The van der Waals surface area contributed by atoms with E-state index in [1.165, 1.54) is 20.2 Å². The molecular formula is C12H10ClNO3. The second-order valence-electron chi connectivity index (χ2n) is 3.47. The number of hydrogen-bond donors (Lipinski definition) is 0. The molecule has 0 amide bonds. The fourth-order valence-corrected chi connectivity index (χ4v) is 1.71. The number of ketones is 1. The van der Waals surface area contributed by atoms with Gasteiger partial charge in [-0.1, -0.05) is 16.8 Å². The molecule has 0 unspecified atom stereocenters. The van der Waals surface area contributed by atoms with Crippen LogP contribution >= 0.6 is 11.6 Å². The van der Waals surface area contributed by atoms with Crippen molar-refractivity contribution in [2.24, 2.45) is 0 Å². The van der Waals surface area contributed by atoms with E-state index in [9.17, 15) is 4.79 Å². The number of halogens is 1. The number of aromatic nitrogens is 1. The van der Waals surface area contributed by atoms with Crippen LogP contribution < -0.4 is 4.74 Å². The molecule has 0 aliphatic carbocycles. The number of ether oxygens (including phenoxy) is 1. The summed E-state index contributed by atoms with van der Waals surface area (Å²) in [5.74, 6) is 0.828. The lowest BCUT2D eigenvalue weighted by molar-refractivity contribution is 0.101. The van der Waals surface area contributed by atoms with Crippen LogP contribution in [-0.4, -0.2) is 18.0 Å². The van der Waals surface area contributed by atoms with Crippen molar-refractivity contribution in [3.63, 3.8) is 0 Å². The Hall–Kier alpha value is -1.81. The molecule has 0 aliphatic rings. The first-order valence-corrected chi connectivity index (χ1v) is 5.31. The van der Waals surface area contributed by atoms with E-state index in [1.807, 2.05) is 0 Å². The molecular weight excluding hydrogens is 242 g/mol. The molecule has 88 valence electrons. The summed E-state index contributed by atoms with van der Waals surface area (Å²) in [4.78, 5) is 11.4. The summed E-state index contributed by atoms with van der Waals surface area (Å²) in [5, 5.41) is 4.16. The summed E-state index contributed by atoms with van der Waals surface area (Å²) in [6.07, 6.45) is 1.39. The SMILES string of the molecule is COc1ccc(Cl)cc1-c1oncc1C(C)=O. The number of carbonyl (C=O) groups excluding carboxylic acids is 1. The summed E-state index contributed by atoms with van der Waals surface area (Å²) in [6.45, 7) is 1.45. The molecule has 0 bridgehead atoms. The van der Waals surface area contributed by atoms with Crippen LogP contribution in [0.2, 0.25) is 5.02 Å². The third kappa shape index (κ3) is 2.17. The maximum absolute atomic E-state index is 11.4. The Morgan fingerprint density at radius 1 is 1.47 bits per heavy atom. The first-order valence-electron chi connectivity index (χ1n) is 4.93. The normalized spacial score (nSPS) is 10.3. The van der Waals surface area contributed by atoms with Gasteiger partial charge in [-0.15, -0.1) is 0 Å². The molecule has 0 fully saturated rings. The molecule has 2 aromatic rings. The Kier molecular flexibility index (Phi) is 3.15. The minimum atomic E-state index is -0.122. The van der Waals surface area contributed by atoms with Crippen molar-refractivity contribution in [1.82, 2.24) is 5.16 Å². The lowest BCUT2D eigenvalue weighted by Crippen LogP contribution is -1.94. The summed E-state index contributed by atoms with van der Waals surface area (Å²) in [5.41, 5.74) is 1.02. The Labute approximate surface area is 103 Å². The quantitative estimate of drug-likeness (QED) is 0.786. The summed E-state index contributed by atoms with van der Waals surface area (Å²) in [6, 6.07) is 5.09. The largest absolute Gasteiger partial charge is 0.496 e. The Morgan fingerprint density at radius 3 is 2.88 bits per heavy atom. The Bertz CT molecular complexity index is 563. The van der Waals surface area contributed by atoms with Gasteiger partial charge in [0, 0.05) is 5.02 Å². The lowest BCUT2D eigenvalue weighted by Gasteiger charge is -2.06. The molecule has 5 heteroatoms. The number of carbonyl (C=O) groups is 1. The van der Waals surface area contributed by atoms with Crippen molar-refractivity contribution in [2.75, 3.05) is 7.11 Å². The van der Waals surface area contributed by atoms with Gasteiger partial charge in [-0.3, -0.25) is 4.79 Å². The van der Waals surface area contributed by atoms with Gasteiger partial charge in [0.2, 0.25) is 0 Å². The third-order valence-corrected chi connectivity index (χ3v) is 2.59. The number of hydrogen-bond acceptors (Lipinski definition) is 4. The zero-order chi connectivity index (χ0) is 12.4. The molecule has 1 heterocycles. The van der Waals surface area contributed by atoms with Crippen molar-refractivity contribution in [3.8, 4) is 17.1 Å². The van der Waals surface area contributed by atoms with Crippen LogP contribution in [0.3, 0.4) is 0 Å². The number of methoxy groups -OCH3 is 1. The average molecular weight is 252 g/mol. The molecule has 4 nitrogen and oxygen atoms in total. The number of Topliss-reactive ketones (excluding diaryl/α,β-unsaturated/α-hetero) is 1. The van der Waals surface area contributed by atoms with Gasteiger partial charge in [0.15, 0.2) is 11.5 Å². The summed E-state index contributed by atoms with van der Waals surface area (Å²) in [7, 11) is 1.54. The van der Waals surface area contributed by atoms with Gasteiger partial charge in [0.05, 0.1) is 24.4 Å². The molecule has 0 N–H and O–H groups in total. The van der Waals surface area contributed by atoms with E-state index in [1.54, 1.807) is 18.2 Å². The van der Waals surface area contributed by atoms with Crippen molar-refractivity contribution in [1.29, 1.82) is 0 Å². The van der Waals surface area contributed by atoms with E-state index in [0.29, 0.717) is 27.7 Å². The predicted octanol–water partition coefficient (Wildman–Crippen LogP) is 3.21. The molecule has 0 atom stereocenters. The highest BCUT2D eigenvalue weighted by Gasteiger charge is 2.18. The third-order valence-electron chi connectivity index (χ3n) is 2.36. The van der Waals surface area contributed by atoms with E-state index in [-0.39, 0.29) is 5.78 Å². The van der Waals surface area contributed by atoms with Crippen LogP contribution in [0.25, 0.3) is 11.3 Å². The van der Waals surface area contributed by atoms with Crippen LogP contribution in [0.4, 0.5) is 0 Å². The van der Waals surface area contributed by atoms with E-state index in [4.69, 9.17) is 20.9 Å².